The van der Waals surface area contributed by atoms with E-state index in [1.54, 1.807) is 6.07 Å². The lowest BCUT2D eigenvalue weighted by Gasteiger charge is -2.16. The van der Waals surface area contributed by atoms with Crippen molar-refractivity contribution < 1.29 is 29.0 Å². The molecular formula is C26H24ClNO6. The summed E-state index contributed by atoms with van der Waals surface area (Å²) < 4.78 is 12.0. The van der Waals surface area contributed by atoms with Crippen LogP contribution in [0.5, 0.6) is 11.5 Å². The third-order valence-electron chi connectivity index (χ3n) is 5.46. The zero-order valence-corrected chi connectivity index (χ0v) is 19.6. The first-order valence-electron chi connectivity index (χ1n) is 11.1. The largest absolute Gasteiger partial charge is 0.492 e. The van der Waals surface area contributed by atoms with Gasteiger partial charge in [0.15, 0.2) is 0 Å². The van der Waals surface area contributed by atoms with Crippen LogP contribution >= 0.6 is 11.6 Å². The van der Waals surface area contributed by atoms with Gasteiger partial charge in [0.2, 0.25) is 0 Å². The average Bonchev–Trinajstić information content (AvgIpc) is 3.06. The van der Waals surface area contributed by atoms with E-state index < -0.39 is 17.8 Å². The van der Waals surface area contributed by atoms with Crippen molar-refractivity contribution in [2.45, 2.75) is 33.1 Å². The molecule has 8 heteroatoms. The van der Waals surface area contributed by atoms with E-state index in [4.69, 9.17) is 26.2 Å². The Hall–Kier alpha value is -3.58. The molecule has 0 saturated carbocycles. The van der Waals surface area contributed by atoms with Gasteiger partial charge >= 0.3 is 5.97 Å². The number of ether oxygens (including phenoxy) is 2. The lowest BCUT2D eigenvalue weighted by molar-refractivity contribution is -0.136. The van der Waals surface area contributed by atoms with Crippen molar-refractivity contribution >= 4 is 45.8 Å². The summed E-state index contributed by atoms with van der Waals surface area (Å²) in [5, 5.41) is 10.5. The van der Waals surface area contributed by atoms with Gasteiger partial charge in [-0.2, -0.15) is 0 Å². The molecule has 0 atom stereocenters. The van der Waals surface area contributed by atoms with Gasteiger partial charge in [-0.3, -0.25) is 14.4 Å². The minimum absolute atomic E-state index is 0.102. The lowest BCUT2D eigenvalue weighted by atomic mass is 9.99. The van der Waals surface area contributed by atoms with Gasteiger partial charge in [-0.25, -0.2) is 4.90 Å². The molecule has 34 heavy (non-hydrogen) atoms. The molecule has 3 aromatic rings. The summed E-state index contributed by atoms with van der Waals surface area (Å²) in [5.41, 5.74) is 0.930. The van der Waals surface area contributed by atoms with Gasteiger partial charge in [0.05, 0.1) is 41.5 Å². The molecule has 1 heterocycles. The van der Waals surface area contributed by atoms with Gasteiger partial charge < -0.3 is 14.6 Å². The highest BCUT2D eigenvalue weighted by molar-refractivity contribution is 6.41. The first-order valence-corrected chi connectivity index (χ1v) is 11.5. The van der Waals surface area contributed by atoms with E-state index in [1.165, 1.54) is 12.1 Å². The molecule has 3 aromatic carbocycles. The fourth-order valence-electron chi connectivity index (χ4n) is 4.04. The monoisotopic (exact) mass is 481 g/mol. The van der Waals surface area contributed by atoms with Crippen molar-refractivity contribution in [1.82, 2.24) is 0 Å². The molecule has 0 spiro atoms. The van der Waals surface area contributed by atoms with Crippen molar-refractivity contribution in [2.75, 3.05) is 18.1 Å². The Balaban J connectivity index is 1.92. The van der Waals surface area contributed by atoms with Crippen molar-refractivity contribution in [3.8, 4) is 11.5 Å². The second-order valence-electron chi connectivity index (χ2n) is 7.95. The number of carbonyl (C=O) groups excluding carboxylic acids is 2. The summed E-state index contributed by atoms with van der Waals surface area (Å²) in [4.78, 5) is 39.4. The molecule has 0 bridgehead atoms. The standard InChI is InChI=1S/C26H24ClNO6/c1-3-11-33-23-16-7-5-6-8-17(16)24(34-12-4-2)22-21(23)25(31)28(26(22)32)19-10-9-15(13-18(19)27)14-20(29)30/h5-10,13H,3-4,11-12,14H2,1-2H3,(H,29,30). The Labute approximate surface area is 201 Å². The number of anilines is 1. The van der Waals surface area contributed by atoms with E-state index in [2.05, 4.69) is 0 Å². The van der Waals surface area contributed by atoms with Crippen LogP contribution in [-0.4, -0.2) is 36.1 Å². The van der Waals surface area contributed by atoms with Gasteiger partial charge in [-0.15, -0.1) is 0 Å². The Morgan fingerprint density at radius 3 is 1.88 bits per heavy atom. The maximum atomic E-state index is 13.7. The summed E-state index contributed by atoms with van der Waals surface area (Å²) in [7, 11) is 0. The van der Waals surface area contributed by atoms with Gasteiger partial charge in [-0.05, 0) is 30.5 Å². The van der Waals surface area contributed by atoms with Crippen LogP contribution in [0, 0.1) is 0 Å². The van der Waals surface area contributed by atoms with Gasteiger partial charge in [0.25, 0.3) is 11.8 Å². The molecule has 1 aliphatic rings. The number of imide groups is 1. The van der Waals surface area contributed by atoms with Crippen molar-refractivity contribution in [3.63, 3.8) is 0 Å². The van der Waals surface area contributed by atoms with Crippen molar-refractivity contribution in [1.29, 1.82) is 0 Å². The van der Waals surface area contributed by atoms with Crippen molar-refractivity contribution in [2.24, 2.45) is 0 Å². The smallest absolute Gasteiger partial charge is 0.307 e. The zero-order valence-electron chi connectivity index (χ0n) is 18.9. The summed E-state index contributed by atoms with van der Waals surface area (Å²) >= 11 is 6.42. The fourth-order valence-corrected chi connectivity index (χ4v) is 4.33. The Morgan fingerprint density at radius 1 is 0.912 bits per heavy atom. The quantitative estimate of drug-likeness (QED) is 0.406. The maximum Gasteiger partial charge on any atom is 0.307 e. The SMILES string of the molecule is CCCOc1c2c(c(OCCC)c3ccccc13)C(=O)N(c1ccc(CC(=O)O)cc1Cl)C2=O. The summed E-state index contributed by atoms with van der Waals surface area (Å²) in [6.07, 6.45) is 1.22. The molecule has 1 aliphatic heterocycles. The van der Waals surface area contributed by atoms with Crippen LogP contribution < -0.4 is 14.4 Å². The molecule has 0 saturated heterocycles. The van der Waals surface area contributed by atoms with Crippen LogP contribution in [0.15, 0.2) is 42.5 Å². The van der Waals surface area contributed by atoms with Gasteiger partial charge in [-0.1, -0.05) is 55.8 Å². The molecule has 176 valence electrons. The molecule has 0 fully saturated rings. The number of hydrogen-bond acceptors (Lipinski definition) is 5. The number of carbonyl (C=O) groups is 3. The highest BCUT2D eigenvalue weighted by Gasteiger charge is 2.44. The molecule has 1 N–H and O–H groups in total. The molecule has 2 amide bonds. The molecule has 0 aromatic heterocycles. The predicted octanol–water partition coefficient (Wildman–Crippen LogP) is 5.50. The van der Waals surface area contributed by atoms with Crippen LogP contribution in [0.3, 0.4) is 0 Å². The summed E-state index contributed by atoms with van der Waals surface area (Å²) in [5.74, 6) is -1.45. The normalized spacial score (nSPS) is 12.9. The molecule has 4 rings (SSSR count). The number of nitrogens with zero attached hydrogens (tertiary/aromatic N) is 1. The number of halogens is 1. The Kier molecular flexibility index (Phi) is 6.75. The highest BCUT2D eigenvalue weighted by Crippen LogP contribution is 2.47. The number of benzene rings is 3. The number of hydrogen-bond donors (Lipinski definition) is 1. The lowest BCUT2D eigenvalue weighted by Crippen LogP contribution is -2.29. The molecule has 0 unspecified atom stereocenters. The molecule has 0 radical (unpaired) electrons. The molecule has 7 nitrogen and oxygen atoms in total. The van der Waals surface area contributed by atoms with Crippen LogP contribution in [-0.2, 0) is 11.2 Å². The molecule has 0 aliphatic carbocycles. The van der Waals surface area contributed by atoms with Crippen molar-refractivity contribution in [3.05, 3.63) is 64.2 Å². The van der Waals surface area contributed by atoms with E-state index in [1.807, 2.05) is 38.1 Å². The summed E-state index contributed by atoms with van der Waals surface area (Å²) in [6, 6.07) is 11.8. The zero-order chi connectivity index (χ0) is 24.4. The third-order valence-corrected chi connectivity index (χ3v) is 5.77. The van der Waals surface area contributed by atoms with Crippen LogP contribution in [0.1, 0.15) is 53.0 Å². The first-order chi connectivity index (χ1) is 16.4. The predicted molar refractivity (Wildman–Crippen MR) is 129 cm³/mol. The fraction of sp³-hybridized carbons (Fsp3) is 0.269. The number of amides is 2. The van der Waals surface area contributed by atoms with E-state index in [-0.39, 0.29) is 28.3 Å². The Morgan fingerprint density at radius 2 is 1.44 bits per heavy atom. The van der Waals surface area contributed by atoms with Gasteiger partial charge in [0, 0.05) is 10.8 Å². The topological polar surface area (TPSA) is 93.1 Å². The number of carboxylic acids is 1. The highest BCUT2D eigenvalue weighted by atomic mass is 35.5. The summed E-state index contributed by atoms with van der Waals surface area (Å²) in [6.45, 7) is 4.66. The van der Waals surface area contributed by atoms with E-state index in [9.17, 15) is 14.4 Å². The van der Waals surface area contributed by atoms with E-state index in [0.717, 1.165) is 17.7 Å². The minimum Gasteiger partial charge on any atom is -0.492 e. The third kappa shape index (κ3) is 4.07. The van der Waals surface area contributed by atoms with Crippen LogP contribution in [0.25, 0.3) is 10.8 Å². The van der Waals surface area contributed by atoms with Gasteiger partial charge in [0.1, 0.15) is 11.5 Å². The van der Waals surface area contributed by atoms with Crippen LogP contribution in [0.4, 0.5) is 5.69 Å². The average molecular weight is 482 g/mol. The van der Waals surface area contributed by atoms with Crippen LogP contribution in [0.2, 0.25) is 5.02 Å². The number of aliphatic carboxylic acids is 1. The maximum absolute atomic E-state index is 13.7. The minimum atomic E-state index is -1.01. The van der Waals surface area contributed by atoms with E-state index >= 15 is 0 Å². The van der Waals surface area contributed by atoms with E-state index in [0.29, 0.717) is 41.0 Å². The molecular weight excluding hydrogens is 458 g/mol. The Bertz CT molecular complexity index is 1240. The number of carboxylic acid groups (broad SMARTS) is 1. The number of fused-ring (bicyclic) bond motifs is 2. The second-order valence-corrected chi connectivity index (χ2v) is 8.36. The number of rotatable bonds is 9. The first kappa shape index (κ1) is 23.6. The second kappa shape index (κ2) is 9.73.